The summed E-state index contributed by atoms with van der Waals surface area (Å²) in [5, 5.41) is 6.60. The summed E-state index contributed by atoms with van der Waals surface area (Å²) in [5.74, 6) is -2.50. The number of hydrogen-bond donors (Lipinski definition) is 2. The van der Waals surface area contributed by atoms with Gasteiger partial charge in [0.2, 0.25) is 11.8 Å². The molecule has 7 nitrogen and oxygen atoms in total. The van der Waals surface area contributed by atoms with E-state index < -0.39 is 30.0 Å². The Labute approximate surface area is 273 Å². The number of benzene rings is 1. The first-order chi connectivity index (χ1) is 22.0. The topological polar surface area (TPSA) is 73.9 Å². The monoisotopic (exact) mass is 648 g/mol. The van der Waals surface area contributed by atoms with Crippen LogP contribution >= 0.6 is 0 Å². The second-order valence-electron chi connectivity index (χ2n) is 15.2. The Morgan fingerprint density at radius 2 is 1.74 bits per heavy atom. The minimum absolute atomic E-state index is 0. The predicted octanol–water partition coefficient (Wildman–Crippen LogP) is 6.65. The average molecular weight is 649 g/mol. The molecule has 2 aliphatic carbocycles. The minimum Gasteiger partial charge on any atom is -0.375 e. The van der Waals surface area contributed by atoms with E-state index in [1.54, 1.807) is 0 Å². The number of hydrogen-bond acceptors (Lipinski definition) is 5. The molecule has 0 aromatic heterocycles. The van der Waals surface area contributed by atoms with E-state index in [1.807, 2.05) is 32.2 Å². The maximum atomic E-state index is 14.4. The number of piperidine rings is 3. The molecule has 3 aliphatic heterocycles. The van der Waals surface area contributed by atoms with Gasteiger partial charge in [-0.1, -0.05) is 25.3 Å². The fourth-order valence-electron chi connectivity index (χ4n) is 9.11. The Morgan fingerprint density at radius 3 is 2.46 bits per heavy atom. The van der Waals surface area contributed by atoms with Crippen molar-refractivity contribution in [2.45, 2.75) is 133 Å². The molecule has 0 bridgehead atoms. The highest BCUT2D eigenvalue weighted by molar-refractivity contribution is 5.93. The summed E-state index contributed by atoms with van der Waals surface area (Å²) in [4.78, 5) is 32.4. The first-order valence-electron chi connectivity index (χ1n) is 17.8. The van der Waals surface area contributed by atoms with Crippen LogP contribution in [-0.2, 0) is 14.3 Å². The van der Waals surface area contributed by atoms with E-state index in [1.165, 1.54) is 6.42 Å². The Kier molecular flexibility index (Phi) is 10.4. The molecule has 0 radical (unpaired) electrons. The van der Waals surface area contributed by atoms with Crippen LogP contribution in [0, 0.1) is 24.7 Å². The lowest BCUT2D eigenvalue weighted by Crippen LogP contribution is -2.62. The fourth-order valence-corrected chi connectivity index (χ4v) is 9.11. The molecule has 46 heavy (non-hydrogen) atoms. The molecule has 7 atom stereocenters. The van der Waals surface area contributed by atoms with Crippen molar-refractivity contribution in [2.24, 2.45) is 17.8 Å². The van der Waals surface area contributed by atoms with E-state index in [2.05, 4.69) is 27.4 Å². The van der Waals surface area contributed by atoms with E-state index in [4.69, 9.17) is 4.74 Å². The van der Waals surface area contributed by atoms with E-state index >= 15 is 0 Å². The van der Waals surface area contributed by atoms with Crippen LogP contribution in [0.15, 0.2) is 18.2 Å². The van der Waals surface area contributed by atoms with Crippen molar-refractivity contribution in [3.63, 3.8) is 0 Å². The van der Waals surface area contributed by atoms with Crippen molar-refractivity contribution in [3.05, 3.63) is 29.3 Å². The normalized spacial score (nSPS) is 33.9. The van der Waals surface area contributed by atoms with Crippen molar-refractivity contribution in [1.82, 2.24) is 15.1 Å². The third kappa shape index (κ3) is 7.59. The lowest BCUT2D eigenvalue weighted by Gasteiger charge is -2.52. The number of nitrogens with zero attached hydrogens (tertiary/aromatic N) is 2. The molecule has 258 valence electrons. The van der Waals surface area contributed by atoms with Crippen LogP contribution < -0.4 is 10.6 Å². The number of alkyl halides is 3. The molecular formula is C36H55F3N4O3. The van der Waals surface area contributed by atoms with E-state index in [-0.39, 0.29) is 50.7 Å². The zero-order valence-corrected chi connectivity index (χ0v) is 27.8. The molecule has 1 aromatic rings. The van der Waals surface area contributed by atoms with Gasteiger partial charge in [-0.15, -0.1) is 0 Å². The zero-order chi connectivity index (χ0) is 32.6. The Morgan fingerprint density at radius 1 is 1.00 bits per heavy atom. The number of nitrogens with one attached hydrogen (secondary N) is 2. The second-order valence-corrected chi connectivity index (χ2v) is 15.2. The SMILES string of the molecule is Cc1ccc(NC(=O)C2CC(OC3CCN(C)CC3)CC(C(F)(F)F)C2)cc1C1CC2CNC(C)CC2N(C2CCCCC2)C1=O.[HH]. The molecule has 2 saturated carbocycles. The van der Waals surface area contributed by atoms with Crippen molar-refractivity contribution >= 4 is 17.5 Å². The van der Waals surface area contributed by atoms with E-state index in [9.17, 15) is 22.8 Å². The molecule has 3 heterocycles. The zero-order valence-electron chi connectivity index (χ0n) is 27.8. The fraction of sp³-hybridized carbons (Fsp3) is 0.778. The van der Waals surface area contributed by atoms with Gasteiger partial charge in [-0.25, -0.2) is 0 Å². The van der Waals surface area contributed by atoms with Crippen LogP contribution in [0.1, 0.15) is 102 Å². The number of halogens is 3. The van der Waals surface area contributed by atoms with Crippen molar-refractivity contribution in [2.75, 3.05) is 32.0 Å². The third-order valence-electron chi connectivity index (χ3n) is 11.8. The van der Waals surface area contributed by atoms with Gasteiger partial charge in [0.25, 0.3) is 0 Å². The smallest absolute Gasteiger partial charge is 0.375 e. The maximum absolute atomic E-state index is 14.4. The van der Waals surface area contributed by atoms with Gasteiger partial charge in [-0.05, 0) is 108 Å². The lowest BCUT2D eigenvalue weighted by atomic mass is 9.73. The molecule has 10 heteroatoms. The van der Waals surface area contributed by atoms with Crippen molar-refractivity contribution in [1.29, 1.82) is 0 Å². The van der Waals surface area contributed by atoms with Crippen molar-refractivity contribution < 1.29 is 28.9 Å². The number of fused-ring (bicyclic) bond motifs is 1. The van der Waals surface area contributed by atoms with Crippen LogP contribution in [-0.4, -0.2) is 84.8 Å². The quantitative estimate of drug-likeness (QED) is 0.361. The van der Waals surface area contributed by atoms with Gasteiger partial charge in [0.05, 0.1) is 24.0 Å². The number of carbonyl (C=O) groups is 2. The minimum atomic E-state index is -4.38. The van der Waals surface area contributed by atoms with Gasteiger partial charge in [0.1, 0.15) is 0 Å². The largest absolute Gasteiger partial charge is 0.391 e. The van der Waals surface area contributed by atoms with E-state index in [0.717, 1.165) is 82.1 Å². The van der Waals surface area contributed by atoms with Crippen LogP contribution in [0.2, 0.25) is 0 Å². The summed E-state index contributed by atoms with van der Waals surface area (Å²) >= 11 is 0. The molecule has 0 spiro atoms. The first kappa shape index (κ1) is 33.7. The number of rotatable bonds is 6. The molecule has 1 aromatic carbocycles. The lowest BCUT2D eigenvalue weighted by molar-refractivity contribution is -0.201. The Balaban J connectivity index is 0.00000433. The molecule has 2 N–H and O–H groups in total. The van der Waals surface area contributed by atoms with Gasteiger partial charge >= 0.3 is 6.18 Å². The predicted molar refractivity (Wildman–Crippen MR) is 175 cm³/mol. The molecular weight excluding hydrogens is 593 g/mol. The van der Waals surface area contributed by atoms with Crippen LogP contribution in [0.25, 0.3) is 0 Å². The molecule has 2 amide bonds. The van der Waals surface area contributed by atoms with Gasteiger partial charge in [-0.3, -0.25) is 9.59 Å². The van der Waals surface area contributed by atoms with Gasteiger partial charge < -0.3 is 25.2 Å². The summed E-state index contributed by atoms with van der Waals surface area (Å²) < 4.78 is 48.3. The highest BCUT2D eigenvalue weighted by Gasteiger charge is 2.49. The van der Waals surface area contributed by atoms with Crippen LogP contribution in [0.5, 0.6) is 0 Å². The average Bonchev–Trinajstić information content (AvgIpc) is 3.03. The molecule has 6 rings (SSSR count). The maximum Gasteiger partial charge on any atom is 0.391 e. The highest BCUT2D eigenvalue weighted by atomic mass is 19.4. The summed E-state index contributed by atoms with van der Waals surface area (Å²) in [5.41, 5.74) is 2.46. The number of anilines is 1. The number of likely N-dealkylation sites (tertiary alicyclic amines) is 2. The summed E-state index contributed by atoms with van der Waals surface area (Å²) in [6.07, 6.45) is 3.90. The van der Waals surface area contributed by atoms with Crippen molar-refractivity contribution in [3.8, 4) is 0 Å². The summed E-state index contributed by atoms with van der Waals surface area (Å²) in [7, 11) is 2.04. The highest BCUT2D eigenvalue weighted by Crippen LogP contribution is 2.44. The summed E-state index contributed by atoms with van der Waals surface area (Å²) in [6.45, 7) is 6.81. The molecule has 7 unspecified atom stereocenters. The summed E-state index contributed by atoms with van der Waals surface area (Å²) in [6, 6.07) is 6.56. The third-order valence-corrected chi connectivity index (χ3v) is 11.8. The number of amides is 2. The Hall–Kier alpha value is -2.17. The first-order valence-corrected chi connectivity index (χ1v) is 17.8. The molecule has 5 aliphatic rings. The number of ether oxygens (including phenoxy) is 1. The standard InChI is InChI=1S/C36H53F3N4O3.H2/c1-22-9-10-27(41-34(44)24-16-26(36(37,38)39)19-30(17-24)46-29-11-13-42(3)14-12-29)20-31(22)32-18-25-21-40-23(2)15-33(25)43(35(32)45)28-7-5-4-6-8-28;/h9-10,20,23-26,28-30,32-33,40H,4-8,11-19,21H2,1-3H3,(H,41,44);1H. The van der Waals surface area contributed by atoms with Gasteiger partial charge in [-0.2, -0.15) is 13.2 Å². The second kappa shape index (κ2) is 14.1. The van der Waals surface area contributed by atoms with Gasteiger partial charge in [0, 0.05) is 50.8 Å². The Bertz CT molecular complexity index is 1240. The van der Waals surface area contributed by atoms with Crippen LogP contribution in [0.4, 0.5) is 18.9 Å². The number of aryl methyl sites for hydroxylation is 1. The number of carbonyl (C=O) groups excluding carboxylic acids is 2. The van der Waals surface area contributed by atoms with E-state index in [0.29, 0.717) is 17.6 Å². The van der Waals surface area contributed by atoms with Gasteiger partial charge in [0.15, 0.2) is 0 Å². The molecule has 3 saturated heterocycles. The molecule has 5 fully saturated rings. The van der Waals surface area contributed by atoms with Crippen LogP contribution in [0.3, 0.4) is 0 Å².